The maximum Gasteiger partial charge on any atom is 0.283 e. The molecule has 1 rings (SSSR count). The molecule has 0 aromatic heterocycles. The van der Waals surface area contributed by atoms with Gasteiger partial charge < -0.3 is 11.5 Å². The summed E-state index contributed by atoms with van der Waals surface area (Å²) in [6.07, 6.45) is 0.397. The molecule has 0 radical (unpaired) electrons. The fourth-order valence-corrected chi connectivity index (χ4v) is 1.93. The fourth-order valence-electron chi connectivity index (χ4n) is 0.911. The van der Waals surface area contributed by atoms with Crippen molar-refractivity contribution in [3.63, 3.8) is 0 Å². The second-order valence-electron chi connectivity index (χ2n) is 2.98. The zero-order chi connectivity index (χ0) is 11.5. The van der Waals surface area contributed by atoms with Crippen molar-refractivity contribution >= 4 is 21.5 Å². The van der Waals surface area contributed by atoms with Crippen LogP contribution < -0.4 is 11.5 Å². The van der Waals surface area contributed by atoms with E-state index in [1.54, 1.807) is 6.92 Å². The number of amidine groups is 1. The summed E-state index contributed by atoms with van der Waals surface area (Å²) in [6.45, 7) is 1.73. The Balaban J connectivity index is 3.13. The lowest BCUT2D eigenvalue weighted by molar-refractivity contribution is 0.598. The number of rotatable bonds is 3. The smallest absolute Gasteiger partial charge is 0.283 e. The minimum absolute atomic E-state index is 0.0897. The highest BCUT2D eigenvalue weighted by atomic mass is 32.2. The van der Waals surface area contributed by atoms with Crippen LogP contribution in [0.2, 0.25) is 0 Å². The Hall–Kier alpha value is -1.56. The van der Waals surface area contributed by atoms with Gasteiger partial charge in [-0.3, -0.25) is 0 Å². The molecule has 0 amide bonds. The van der Waals surface area contributed by atoms with Gasteiger partial charge in [-0.25, -0.2) is 0 Å². The number of sulfonamides is 1. The van der Waals surface area contributed by atoms with Crippen LogP contribution in [0.3, 0.4) is 0 Å². The predicted octanol–water partition coefficient (Wildman–Crippen LogP) is 0.725. The molecule has 1 aromatic carbocycles. The molecule has 0 spiro atoms. The summed E-state index contributed by atoms with van der Waals surface area (Å²) in [7, 11) is -3.68. The number of hydrogen-bond acceptors (Lipinski definition) is 3. The SMILES string of the molecule is CC/C(N)=N/S(=O)(=O)c1ccc(N)cc1. The highest BCUT2D eigenvalue weighted by Gasteiger charge is 2.12. The zero-order valence-electron chi connectivity index (χ0n) is 8.34. The highest BCUT2D eigenvalue weighted by molar-refractivity contribution is 7.90. The third kappa shape index (κ3) is 2.95. The summed E-state index contributed by atoms with van der Waals surface area (Å²) in [4.78, 5) is 0.0908. The molecule has 4 N–H and O–H groups in total. The van der Waals surface area contributed by atoms with E-state index in [1.807, 2.05) is 0 Å². The van der Waals surface area contributed by atoms with E-state index in [0.29, 0.717) is 12.1 Å². The molecule has 0 aliphatic heterocycles. The first-order chi connectivity index (χ1) is 6.95. The van der Waals surface area contributed by atoms with E-state index in [-0.39, 0.29) is 10.7 Å². The monoisotopic (exact) mass is 227 g/mol. The van der Waals surface area contributed by atoms with Crippen LogP contribution in [-0.2, 0) is 10.0 Å². The van der Waals surface area contributed by atoms with Gasteiger partial charge in [0, 0.05) is 12.1 Å². The average Bonchev–Trinajstić information content (AvgIpc) is 2.17. The van der Waals surface area contributed by atoms with Gasteiger partial charge in [0.1, 0.15) is 5.84 Å². The lowest BCUT2D eigenvalue weighted by Crippen LogP contribution is -2.13. The van der Waals surface area contributed by atoms with Crippen LogP contribution >= 0.6 is 0 Å². The Kier molecular flexibility index (Phi) is 3.31. The summed E-state index contributed by atoms with van der Waals surface area (Å²) in [5.74, 6) is 0.0897. The Morgan fingerprint density at radius 2 is 1.87 bits per heavy atom. The number of nitrogen functional groups attached to an aromatic ring is 1. The van der Waals surface area contributed by atoms with E-state index in [2.05, 4.69) is 4.40 Å². The molecule has 0 saturated carbocycles. The van der Waals surface area contributed by atoms with Crippen molar-refractivity contribution in [3.8, 4) is 0 Å². The van der Waals surface area contributed by atoms with Crippen molar-refractivity contribution in [1.29, 1.82) is 0 Å². The molecule has 0 bridgehead atoms. The number of nitrogens with two attached hydrogens (primary N) is 2. The van der Waals surface area contributed by atoms with Gasteiger partial charge in [-0.15, -0.1) is 4.40 Å². The van der Waals surface area contributed by atoms with Crippen LogP contribution in [0.25, 0.3) is 0 Å². The highest BCUT2D eigenvalue weighted by Crippen LogP contribution is 2.14. The Morgan fingerprint density at radius 1 is 1.33 bits per heavy atom. The third-order valence-corrected chi connectivity index (χ3v) is 3.12. The minimum Gasteiger partial charge on any atom is -0.399 e. The topological polar surface area (TPSA) is 98.5 Å². The van der Waals surface area contributed by atoms with Gasteiger partial charge in [0.2, 0.25) is 0 Å². The second-order valence-corrected chi connectivity index (χ2v) is 4.58. The molecular formula is C9H13N3O2S. The molecule has 0 aliphatic carbocycles. The van der Waals surface area contributed by atoms with Gasteiger partial charge in [-0.2, -0.15) is 8.42 Å². The first-order valence-electron chi connectivity index (χ1n) is 4.40. The summed E-state index contributed by atoms with van der Waals surface area (Å²) in [5, 5.41) is 0. The zero-order valence-corrected chi connectivity index (χ0v) is 9.16. The largest absolute Gasteiger partial charge is 0.399 e. The maximum atomic E-state index is 11.6. The average molecular weight is 227 g/mol. The van der Waals surface area contributed by atoms with Gasteiger partial charge in [-0.05, 0) is 24.3 Å². The molecule has 15 heavy (non-hydrogen) atoms. The van der Waals surface area contributed by atoms with Crippen molar-refractivity contribution in [3.05, 3.63) is 24.3 Å². The van der Waals surface area contributed by atoms with E-state index in [4.69, 9.17) is 11.5 Å². The van der Waals surface area contributed by atoms with Gasteiger partial charge in [0.05, 0.1) is 4.90 Å². The maximum absolute atomic E-state index is 11.6. The van der Waals surface area contributed by atoms with Crippen LogP contribution in [0, 0.1) is 0 Å². The molecule has 0 fully saturated rings. The summed E-state index contributed by atoms with van der Waals surface area (Å²) >= 11 is 0. The van der Waals surface area contributed by atoms with E-state index < -0.39 is 10.0 Å². The molecule has 0 atom stereocenters. The molecular weight excluding hydrogens is 214 g/mol. The number of hydrogen-bond donors (Lipinski definition) is 2. The fraction of sp³-hybridized carbons (Fsp3) is 0.222. The third-order valence-electron chi connectivity index (χ3n) is 1.78. The molecule has 1 aromatic rings. The molecule has 82 valence electrons. The van der Waals surface area contributed by atoms with E-state index in [1.165, 1.54) is 24.3 Å². The minimum atomic E-state index is -3.68. The van der Waals surface area contributed by atoms with Gasteiger partial charge in [-0.1, -0.05) is 6.92 Å². The van der Waals surface area contributed by atoms with Crippen molar-refractivity contribution in [2.75, 3.05) is 5.73 Å². The van der Waals surface area contributed by atoms with Crippen LogP contribution in [0.15, 0.2) is 33.6 Å². The quantitative estimate of drug-likeness (QED) is 0.451. The van der Waals surface area contributed by atoms with Crippen LogP contribution in [-0.4, -0.2) is 14.3 Å². The first-order valence-corrected chi connectivity index (χ1v) is 5.84. The number of anilines is 1. The standard InChI is InChI=1S/C9H13N3O2S/c1-2-9(11)12-15(13,14)8-5-3-7(10)4-6-8/h3-6H,2,10H2,1H3,(H2,11,12). The van der Waals surface area contributed by atoms with E-state index in [0.717, 1.165) is 0 Å². The number of benzene rings is 1. The lowest BCUT2D eigenvalue weighted by Gasteiger charge is -2.00. The Morgan fingerprint density at radius 3 is 2.33 bits per heavy atom. The van der Waals surface area contributed by atoms with Crippen molar-refractivity contribution in [1.82, 2.24) is 0 Å². The van der Waals surface area contributed by atoms with Crippen molar-refractivity contribution in [2.45, 2.75) is 18.2 Å². The van der Waals surface area contributed by atoms with Crippen molar-refractivity contribution < 1.29 is 8.42 Å². The molecule has 5 nitrogen and oxygen atoms in total. The van der Waals surface area contributed by atoms with E-state index >= 15 is 0 Å². The van der Waals surface area contributed by atoms with Crippen LogP contribution in [0.5, 0.6) is 0 Å². The lowest BCUT2D eigenvalue weighted by atomic mass is 10.3. The van der Waals surface area contributed by atoms with E-state index in [9.17, 15) is 8.42 Å². The van der Waals surface area contributed by atoms with Crippen molar-refractivity contribution in [2.24, 2.45) is 10.1 Å². The second kappa shape index (κ2) is 4.31. The van der Waals surface area contributed by atoms with Crippen LogP contribution in [0.1, 0.15) is 13.3 Å². The van der Waals surface area contributed by atoms with Gasteiger partial charge in [0.15, 0.2) is 0 Å². The summed E-state index contributed by atoms with van der Waals surface area (Å²) in [5.41, 5.74) is 11.3. The van der Waals surface area contributed by atoms with Gasteiger partial charge in [0.25, 0.3) is 10.0 Å². The first kappa shape index (κ1) is 11.5. The normalized spacial score (nSPS) is 12.7. The predicted molar refractivity (Wildman–Crippen MR) is 60.0 cm³/mol. The Bertz CT molecular complexity index is 463. The Labute approximate surface area is 88.9 Å². The molecule has 0 unspecified atom stereocenters. The summed E-state index contributed by atoms with van der Waals surface area (Å²) < 4.78 is 26.7. The van der Waals surface area contributed by atoms with Gasteiger partial charge >= 0.3 is 0 Å². The van der Waals surface area contributed by atoms with Crippen LogP contribution in [0.4, 0.5) is 5.69 Å². The number of nitrogens with zero attached hydrogens (tertiary/aromatic N) is 1. The molecule has 0 saturated heterocycles. The molecule has 0 aliphatic rings. The molecule has 6 heteroatoms. The molecule has 0 heterocycles. The summed E-state index contributed by atoms with van der Waals surface area (Å²) in [6, 6.07) is 5.81.